The number of hydrogen-bond acceptors (Lipinski definition) is 4. The van der Waals surface area contributed by atoms with Gasteiger partial charge in [0.1, 0.15) is 5.82 Å². The van der Waals surface area contributed by atoms with Gasteiger partial charge in [0, 0.05) is 6.54 Å². The van der Waals surface area contributed by atoms with E-state index >= 15 is 0 Å². The fraction of sp³-hybridized carbons (Fsp3) is 0.571. The van der Waals surface area contributed by atoms with Crippen LogP contribution < -0.4 is 10.5 Å². The lowest BCUT2D eigenvalue weighted by atomic mass is 10.2. The highest BCUT2D eigenvalue weighted by Gasteiger charge is 2.16. The summed E-state index contributed by atoms with van der Waals surface area (Å²) >= 11 is 1.82. The largest absolute Gasteiger partial charge is 0.396 e. The van der Waals surface area contributed by atoms with E-state index in [4.69, 9.17) is 5.73 Å². The molecule has 0 heterocycles. The number of anilines is 1. The van der Waals surface area contributed by atoms with Crippen LogP contribution in [0.2, 0.25) is 0 Å². The molecular formula is C14H23FN2O2S2. The van der Waals surface area contributed by atoms with Gasteiger partial charge >= 0.3 is 0 Å². The van der Waals surface area contributed by atoms with E-state index in [0.717, 1.165) is 37.5 Å². The van der Waals surface area contributed by atoms with Gasteiger partial charge in [-0.3, -0.25) is 0 Å². The summed E-state index contributed by atoms with van der Waals surface area (Å²) in [5.41, 5.74) is 5.56. The number of nitrogens with one attached hydrogen (secondary N) is 1. The normalized spacial score (nSPS) is 11.8. The van der Waals surface area contributed by atoms with E-state index in [2.05, 4.69) is 11.0 Å². The summed E-state index contributed by atoms with van der Waals surface area (Å²) in [6.45, 7) is 1.88. The number of benzene rings is 1. The average Bonchev–Trinajstić information content (AvgIpc) is 2.43. The van der Waals surface area contributed by atoms with Crippen molar-refractivity contribution in [3.63, 3.8) is 0 Å². The van der Waals surface area contributed by atoms with Gasteiger partial charge in [-0.1, -0.05) is 12.8 Å². The minimum Gasteiger partial charge on any atom is -0.396 e. The maximum Gasteiger partial charge on any atom is 0.240 e. The van der Waals surface area contributed by atoms with Gasteiger partial charge in [-0.25, -0.2) is 17.5 Å². The van der Waals surface area contributed by atoms with Gasteiger partial charge in [-0.2, -0.15) is 11.8 Å². The quantitative estimate of drug-likeness (QED) is 0.538. The molecule has 0 aliphatic heterocycles. The summed E-state index contributed by atoms with van der Waals surface area (Å²) in [5.74, 6) is 0.572. The SMILES string of the molecule is CSCCCCCCNS(=O)(=O)c1cc(C)c(F)c(N)c1. The third-order valence-electron chi connectivity index (χ3n) is 3.13. The second-order valence-electron chi connectivity index (χ2n) is 4.95. The third-order valence-corrected chi connectivity index (χ3v) is 5.27. The zero-order valence-electron chi connectivity index (χ0n) is 12.5. The molecule has 3 N–H and O–H groups in total. The summed E-state index contributed by atoms with van der Waals surface area (Å²) < 4.78 is 40.1. The van der Waals surface area contributed by atoms with Crippen LogP contribution in [0.1, 0.15) is 31.2 Å². The van der Waals surface area contributed by atoms with E-state index in [0.29, 0.717) is 6.54 Å². The molecule has 0 aromatic heterocycles. The van der Waals surface area contributed by atoms with Gasteiger partial charge in [0.05, 0.1) is 10.6 Å². The van der Waals surface area contributed by atoms with Crippen molar-refractivity contribution < 1.29 is 12.8 Å². The predicted octanol–water partition coefficient (Wildman–Crippen LogP) is 2.92. The Labute approximate surface area is 130 Å². The topological polar surface area (TPSA) is 72.2 Å². The molecule has 0 unspecified atom stereocenters. The lowest BCUT2D eigenvalue weighted by Gasteiger charge is -2.09. The molecule has 0 amide bonds. The highest BCUT2D eigenvalue weighted by molar-refractivity contribution is 7.98. The number of rotatable bonds is 9. The number of halogens is 1. The number of nitrogen functional groups attached to an aromatic ring is 1. The first-order valence-electron chi connectivity index (χ1n) is 6.92. The highest BCUT2D eigenvalue weighted by atomic mass is 32.2. The molecule has 0 aliphatic rings. The third kappa shape index (κ3) is 5.84. The van der Waals surface area contributed by atoms with Crippen molar-refractivity contribution >= 4 is 27.5 Å². The molecule has 1 aromatic rings. The zero-order valence-corrected chi connectivity index (χ0v) is 14.1. The van der Waals surface area contributed by atoms with Gasteiger partial charge in [0.25, 0.3) is 0 Å². The van der Waals surface area contributed by atoms with Crippen molar-refractivity contribution in [3.05, 3.63) is 23.5 Å². The van der Waals surface area contributed by atoms with Gasteiger partial charge in [-0.05, 0) is 49.5 Å². The van der Waals surface area contributed by atoms with E-state index < -0.39 is 15.8 Å². The Balaban J connectivity index is 2.51. The fourth-order valence-electron chi connectivity index (χ4n) is 1.93. The second-order valence-corrected chi connectivity index (χ2v) is 7.70. The van der Waals surface area contributed by atoms with E-state index in [1.165, 1.54) is 13.0 Å². The smallest absolute Gasteiger partial charge is 0.240 e. The number of unbranched alkanes of at least 4 members (excludes halogenated alkanes) is 3. The van der Waals surface area contributed by atoms with Gasteiger partial charge < -0.3 is 5.73 Å². The van der Waals surface area contributed by atoms with Crippen molar-refractivity contribution in [2.24, 2.45) is 0 Å². The molecular weight excluding hydrogens is 311 g/mol. The minimum atomic E-state index is -3.62. The van der Waals surface area contributed by atoms with Gasteiger partial charge in [0.2, 0.25) is 10.0 Å². The van der Waals surface area contributed by atoms with E-state index in [1.54, 1.807) is 0 Å². The molecule has 0 bridgehead atoms. The van der Waals surface area contributed by atoms with Gasteiger partial charge in [-0.15, -0.1) is 0 Å². The first-order valence-corrected chi connectivity index (χ1v) is 9.80. The number of thioether (sulfide) groups is 1. The maximum atomic E-state index is 13.4. The van der Waals surface area contributed by atoms with Crippen molar-refractivity contribution in [2.45, 2.75) is 37.5 Å². The Morgan fingerprint density at radius 2 is 1.90 bits per heavy atom. The molecule has 0 saturated carbocycles. The molecule has 0 atom stereocenters. The maximum absolute atomic E-state index is 13.4. The molecule has 120 valence electrons. The zero-order chi connectivity index (χ0) is 15.9. The lowest BCUT2D eigenvalue weighted by Crippen LogP contribution is -2.25. The minimum absolute atomic E-state index is 0.0151. The molecule has 1 rings (SSSR count). The van der Waals surface area contributed by atoms with Crippen LogP contribution in [-0.2, 0) is 10.0 Å². The van der Waals surface area contributed by atoms with E-state index in [1.807, 2.05) is 11.8 Å². The molecule has 4 nitrogen and oxygen atoms in total. The van der Waals surface area contributed by atoms with Crippen LogP contribution in [0.4, 0.5) is 10.1 Å². The van der Waals surface area contributed by atoms with Crippen LogP contribution in [0.5, 0.6) is 0 Å². The van der Waals surface area contributed by atoms with Crippen molar-refractivity contribution in [1.29, 1.82) is 0 Å². The Hall–Kier alpha value is -0.790. The second kappa shape index (κ2) is 8.60. The molecule has 0 radical (unpaired) electrons. The molecule has 1 aromatic carbocycles. The molecule has 0 aliphatic carbocycles. The number of sulfonamides is 1. The predicted molar refractivity (Wildman–Crippen MR) is 87.6 cm³/mol. The van der Waals surface area contributed by atoms with Crippen molar-refractivity contribution in [1.82, 2.24) is 4.72 Å². The summed E-state index contributed by atoms with van der Waals surface area (Å²) in [6.07, 6.45) is 6.12. The van der Waals surface area contributed by atoms with Crippen molar-refractivity contribution in [2.75, 3.05) is 24.3 Å². The van der Waals surface area contributed by atoms with E-state index in [-0.39, 0.29) is 16.1 Å². The summed E-state index contributed by atoms with van der Waals surface area (Å²) in [4.78, 5) is 0.0151. The first-order chi connectivity index (χ1) is 9.88. The highest BCUT2D eigenvalue weighted by Crippen LogP contribution is 2.20. The Kier molecular flexibility index (Phi) is 7.48. The van der Waals surface area contributed by atoms with Crippen LogP contribution in [0.15, 0.2) is 17.0 Å². The molecule has 21 heavy (non-hydrogen) atoms. The number of hydrogen-bond donors (Lipinski definition) is 2. The van der Waals surface area contributed by atoms with Crippen molar-refractivity contribution in [3.8, 4) is 0 Å². The average molecular weight is 334 g/mol. The number of nitrogens with two attached hydrogens (primary N) is 1. The molecule has 0 fully saturated rings. The Morgan fingerprint density at radius 1 is 1.24 bits per heavy atom. The summed E-state index contributed by atoms with van der Waals surface area (Å²) in [7, 11) is -3.62. The number of aryl methyl sites for hydroxylation is 1. The standard InChI is InChI=1S/C14H23FN2O2S2/c1-11-9-12(10-13(16)14(11)15)21(18,19)17-7-5-3-4-6-8-20-2/h9-10,17H,3-8,16H2,1-2H3. The van der Waals surface area contributed by atoms with Crippen LogP contribution in [0.25, 0.3) is 0 Å². The first kappa shape index (κ1) is 18.3. The van der Waals surface area contributed by atoms with Gasteiger partial charge in [0.15, 0.2) is 0 Å². The van der Waals surface area contributed by atoms with Crippen LogP contribution >= 0.6 is 11.8 Å². The molecule has 0 saturated heterocycles. The van der Waals surface area contributed by atoms with Crippen LogP contribution in [0, 0.1) is 12.7 Å². The Bertz CT molecular complexity index is 539. The molecule has 0 spiro atoms. The molecule has 7 heteroatoms. The van der Waals surface area contributed by atoms with Crippen LogP contribution in [-0.4, -0.2) is 27.0 Å². The summed E-state index contributed by atoms with van der Waals surface area (Å²) in [6, 6.07) is 2.45. The lowest BCUT2D eigenvalue weighted by molar-refractivity contribution is 0.573. The van der Waals surface area contributed by atoms with E-state index in [9.17, 15) is 12.8 Å². The fourth-order valence-corrected chi connectivity index (χ4v) is 3.62. The van der Waals surface area contributed by atoms with Crippen LogP contribution in [0.3, 0.4) is 0 Å². The Morgan fingerprint density at radius 3 is 2.52 bits per heavy atom. The summed E-state index contributed by atoms with van der Waals surface area (Å²) in [5, 5.41) is 0. The monoisotopic (exact) mass is 334 g/mol.